The largest absolute Gasteiger partial charge is 0.493 e. The van der Waals surface area contributed by atoms with Crippen LogP contribution in [0.5, 0.6) is 5.75 Å². The van der Waals surface area contributed by atoms with Gasteiger partial charge in [-0.05, 0) is 37.5 Å². The summed E-state index contributed by atoms with van der Waals surface area (Å²) in [6, 6.07) is 8.09. The first-order valence-electron chi connectivity index (χ1n) is 7.59. The van der Waals surface area contributed by atoms with E-state index in [4.69, 9.17) is 4.74 Å². The maximum absolute atomic E-state index is 12.4. The zero-order valence-corrected chi connectivity index (χ0v) is 13.5. The van der Waals surface area contributed by atoms with E-state index >= 15 is 0 Å². The van der Waals surface area contributed by atoms with Gasteiger partial charge in [0.2, 0.25) is 0 Å². The van der Waals surface area contributed by atoms with Crippen LogP contribution < -0.4 is 4.74 Å². The van der Waals surface area contributed by atoms with E-state index in [-0.39, 0.29) is 5.91 Å². The summed E-state index contributed by atoms with van der Waals surface area (Å²) in [6.45, 7) is 4.32. The second kappa shape index (κ2) is 6.92. The minimum absolute atomic E-state index is 0.0998. The number of benzene rings is 1. The minimum Gasteiger partial charge on any atom is -0.493 e. The van der Waals surface area contributed by atoms with Crippen molar-refractivity contribution in [3.8, 4) is 5.75 Å². The van der Waals surface area contributed by atoms with Crippen LogP contribution in [0.1, 0.15) is 28.1 Å². The Balaban J connectivity index is 1.55. The molecule has 3 rings (SSSR count). The van der Waals surface area contributed by atoms with Gasteiger partial charge in [0.05, 0.1) is 18.3 Å². The molecule has 0 aliphatic carbocycles. The molecule has 1 amide bonds. The molecule has 1 aromatic carbocycles. The molecule has 1 aliphatic rings. The molecule has 1 fully saturated rings. The number of likely N-dealkylation sites (tertiary alicyclic amines) is 1. The Hall–Kier alpha value is -1.88. The van der Waals surface area contributed by atoms with Gasteiger partial charge in [0, 0.05) is 19.0 Å². The maximum Gasteiger partial charge on any atom is 0.265 e. The third kappa shape index (κ3) is 3.65. The number of aromatic nitrogens is 1. The van der Waals surface area contributed by atoms with Gasteiger partial charge in [-0.1, -0.05) is 12.1 Å². The Morgan fingerprint density at radius 1 is 1.50 bits per heavy atom. The van der Waals surface area contributed by atoms with Crippen LogP contribution in [0.25, 0.3) is 0 Å². The van der Waals surface area contributed by atoms with Gasteiger partial charge < -0.3 is 9.64 Å². The van der Waals surface area contributed by atoms with E-state index in [1.165, 1.54) is 16.9 Å². The van der Waals surface area contributed by atoms with Crippen molar-refractivity contribution in [2.75, 3.05) is 19.7 Å². The van der Waals surface area contributed by atoms with E-state index in [9.17, 15) is 4.79 Å². The van der Waals surface area contributed by atoms with Crippen molar-refractivity contribution in [2.45, 2.75) is 19.8 Å². The predicted octanol–water partition coefficient (Wildman–Crippen LogP) is 3.38. The molecular weight excluding hydrogens is 296 g/mol. The smallest absolute Gasteiger partial charge is 0.265 e. The number of hydrogen-bond acceptors (Lipinski definition) is 4. The second-order valence-corrected chi connectivity index (χ2v) is 6.64. The molecule has 0 saturated carbocycles. The topological polar surface area (TPSA) is 42.4 Å². The lowest BCUT2D eigenvalue weighted by atomic mass is 9.99. The standard InChI is InChI=1S/C17H20N2O2S/c1-13-4-2-6-15(8-13)21-11-14-5-3-7-19(10-14)17(20)16-9-18-12-22-16/h2,4,6,8-9,12,14H,3,5,7,10-11H2,1H3/t14-/m0/s1. The molecule has 1 aromatic heterocycles. The van der Waals surface area contributed by atoms with Crippen LogP contribution in [0.15, 0.2) is 36.0 Å². The lowest BCUT2D eigenvalue weighted by Gasteiger charge is -2.32. The van der Waals surface area contributed by atoms with E-state index < -0.39 is 0 Å². The fraction of sp³-hybridized carbons (Fsp3) is 0.412. The minimum atomic E-state index is 0.0998. The summed E-state index contributed by atoms with van der Waals surface area (Å²) in [4.78, 5) is 19.0. The molecule has 2 aromatic rings. The molecular formula is C17H20N2O2S. The number of piperidine rings is 1. The van der Waals surface area contributed by atoms with E-state index in [2.05, 4.69) is 18.0 Å². The molecule has 22 heavy (non-hydrogen) atoms. The number of rotatable bonds is 4. The van der Waals surface area contributed by atoms with E-state index in [0.29, 0.717) is 12.5 Å². The Morgan fingerprint density at radius 3 is 3.18 bits per heavy atom. The Morgan fingerprint density at radius 2 is 2.41 bits per heavy atom. The zero-order chi connectivity index (χ0) is 15.4. The Kier molecular flexibility index (Phi) is 4.73. The van der Waals surface area contributed by atoms with Crippen LogP contribution in [0, 0.1) is 12.8 Å². The Labute approximate surface area is 134 Å². The van der Waals surface area contributed by atoms with Gasteiger partial charge in [-0.25, -0.2) is 0 Å². The number of nitrogens with zero attached hydrogens (tertiary/aromatic N) is 2. The molecule has 0 bridgehead atoms. The number of carbonyl (C=O) groups is 1. The Bertz CT molecular complexity index is 627. The summed E-state index contributed by atoms with van der Waals surface area (Å²) >= 11 is 1.40. The monoisotopic (exact) mass is 316 g/mol. The van der Waals surface area contributed by atoms with E-state index in [0.717, 1.165) is 36.6 Å². The SMILES string of the molecule is Cc1cccc(OC[C@H]2CCCN(C(=O)c3cncs3)C2)c1. The van der Waals surface area contributed by atoms with Crippen LogP contribution in [0.2, 0.25) is 0 Å². The van der Waals surface area contributed by atoms with E-state index in [1.807, 2.05) is 23.1 Å². The van der Waals surface area contributed by atoms with Crippen molar-refractivity contribution in [3.05, 3.63) is 46.4 Å². The summed E-state index contributed by atoms with van der Waals surface area (Å²) in [5.74, 6) is 1.40. The van der Waals surface area contributed by atoms with Gasteiger partial charge in [-0.3, -0.25) is 9.78 Å². The first-order valence-corrected chi connectivity index (χ1v) is 8.47. The van der Waals surface area contributed by atoms with Gasteiger partial charge in [0.15, 0.2) is 0 Å². The fourth-order valence-corrected chi connectivity index (χ4v) is 3.37. The van der Waals surface area contributed by atoms with Crippen molar-refractivity contribution in [3.63, 3.8) is 0 Å². The molecule has 116 valence electrons. The lowest BCUT2D eigenvalue weighted by Crippen LogP contribution is -2.41. The summed E-state index contributed by atoms with van der Waals surface area (Å²) in [5, 5.41) is 0. The number of thiazole rings is 1. The highest BCUT2D eigenvalue weighted by Crippen LogP contribution is 2.21. The zero-order valence-electron chi connectivity index (χ0n) is 12.7. The van der Waals surface area contributed by atoms with Crippen molar-refractivity contribution >= 4 is 17.2 Å². The number of ether oxygens (including phenoxy) is 1. The summed E-state index contributed by atoms with van der Waals surface area (Å²) in [7, 11) is 0. The van der Waals surface area contributed by atoms with Crippen molar-refractivity contribution in [2.24, 2.45) is 5.92 Å². The summed E-state index contributed by atoms with van der Waals surface area (Å²) in [5.41, 5.74) is 2.90. The lowest BCUT2D eigenvalue weighted by molar-refractivity contribution is 0.0638. The highest BCUT2D eigenvalue weighted by atomic mass is 32.1. The van der Waals surface area contributed by atoms with Gasteiger partial charge in [0.25, 0.3) is 5.91 Å². The molecule has 0 radical (unpaired) electrons. The predicted molar refractivity (Wildman–Crippen MR) is 87.4 cm³/mol. The van der Waals surface area contributed by atoms with Gasteiger partial charge in [-0.2, -0.15) is 0 Å². The van der Waals surface area contributed by atoms with Crippen LogP contribution in [0.3, 0.4) is 0 Å². The average molecular weight is 316 g/mol. The third-order valence-corrected chi connectivity index (χ3v) is 4.69. The average Bonchev–Trinajstić information content (AvgIpc) is 3.07. The summed E-state index contributed by atoms with van der Waals surface area (Å²) in [6.07, 6.45) is 3.80. The molecule has 2 heterocycles. The van der Waals surface area contributed by atoms with Gasteiger partial charge >= 0.3 is 0 Å². The molecule has 0 unspecified atom stereocenters. The highest BCUT2D eigenvalue weighted by Gasteiger charge is 2.25. The molecule has 5 heteroatoms. The highest BCUT2D eigenvalue weighted by molar-refractivity contribution is 7.11. The van der Waals surface area contributed by atoms with Crippen LogP contribution in [-0.2, 0) is 0 Å². The molecule has 1 atom stereocenters. The summed E-state index contributed by atoms with van der Waals surface area (Å²) < 4.78 is 5.90. The number of carbonyl (C=O) groups excluding carboxylic acids is 1. The van der Waals surface area contributed by atoms with E-state index in [1.54, 1.807) is 11.7 Å². The molecule has 0 spiro atoms. The second-order valence-electron chi connectivity index (χ2n) is 5.75. The fourth-order valence-electron chi connectivity index (χ4n) is 2.78. The first kappa shape index (κ1) is 15.0. The molecule has 1 aliphatic heterocycles. The molecule has 4 nitrogen and oxygen atoms in total. The van der Waals surface area contributed by atoms with Crippen molar-refractivity contribution in [1.29, 1.82) is 0 Å². The third-order valence-electron chi connectivity index (χ3n) is 3.92. The van der Waals surface area contributed by atoms with Crippen LogP contribution >= 0.6 is 11.3 Å². The molecule has 0 N–H and O–H groups in total. The number of aryl methyl sites for hydroxylation is 1. The van der Waals surface area contributed by atoms with Crippen LogP contribution in [-0.4, -0.2) is 35.5 Å². The van der Waals surface area contributed by atoms with Crippen molar-refractivity contribution in [1.82, 2.24) is 9.88 Å². The molecule has 1 saturated heterocycles. The van der Waals surface area contributed by atoms with Gasteiger partial charge in [-0.15, -0.1) is 11.3 Å². The normalized spacial score (nSPS) is 18.2. The number of hydrogen-bond donors (Lipinski definition) is 0. The van der Waals surface area contributed by atoms with Crippen molar-refractivity contribution < 1.29 is 9.53 Å². The van der Waals surface area contributed by atoms with Crippen LogP contribution in [0.4, 0.5) is 0 Å². The first-order chi connectivity index (χ1) is 10.7. The number of amides is 1. The van der Waals surface area contributed by atoms with Gasteiger partial charge in [0.1, 0.15) is 10.6 Å². The quantitative estimate of drug-likeness (QED) is 0.868. The maximum atomic E-state index is 12.4.